The van der Waals surface area contributed by atoms with Gasteiger partial charge in [0, 0.05) is 0 Å². The van der Waals surface area contributed by atoms with Crippen molar-refractivity contribution in [2.24, 2.45) is 17.8 Å². The normalized spacial score (nSPS) is 24.7. The predicted octanol–water partition coefficient (Wildman–Crippen LogP) is 9.80. The van der Waals surface area contributed by atoms with Gasteiger partial charge < -0.3 is 4.74 Å². The van der Waals surface area contributed by atoms with Crippen LogP contribution < -0.4 is 4.74 Å². The van der Waals surface area contributed by atoms with Crippen molar-refractivity contribution in [1.29, 1.82) is 0 Å². The summed E-state index contributed by atoms with van der Waals surface area (Å²) in [5, 5.41) is 0. The minimum Gasteiger partial charge on any atom is -0.406 e. The first kappa shape index (κ1) is 26.0. The van der Waals surface area contributed by atoms with Gasteiger partial charge in [-0.05, 0) is 91.2 Å². The maximum absolute atomic E-state index is 15.0. The van der Waals surface area contributed by atoms with Gasteiger partial charge in [-0.15, -0.1) is 13.2 Å². The fourth-order valence-corrected chi connectivity index (χ4v) is 6.34. The zero-order chi connectivity index (χ0) is 25.0. The van der Waals surface area contributed by atoms with E-state index in [1.165, 1.54) is 75.6 Å². The Morgan fingerprint density at radius 3 is 2.14 bits per heavy atom. The Hall–Kier alpha value is -2.11. The molecule has 0 amide bonds. The molecular weight excluding hydrogens is 459 g/mol. The number of hydrogen-bond acceptors (Lipinski definition) is 1. The van der Waals surface area contributed by atoms with E-state index in [-0.39, 0.29) is 17.0 Å². The maximum Gasteiger partial charge on any atom is 0.573 e. The summed E-state index contributed by atoms with van der Waals surface area (Å²) in [4.78, 5) is 0. The number of unbranched alkanes of at least 4 members (excludes halogenated alkanes) is 3. The molecule has 0 radical (unpaired) electrons. The number of benzene rings is 2. The van der Waals surface area contributed by atoms with Crippen LogP contribution in [0.15, 0.2) is 36.4 Å². The first-order valence-corrected chi connectivity index (χ1v) is 13.1. The molecule has 0 aliphatic heterocycles. The molecule has 1 nitrogen and oxygen atoms in total. The fraction of sp³-hybridized carbons (Fsp3) is 0.586. The fourth-order valence-electron chi connectivity index (χ4n) is 6.34. The Bertz CT molecular complexity index is 945. The van der Waals surface area contributed by atoms with Gasteiger partial charge in [-0.3, -0.25) is 0 Å². The number of halogens is 5. The van der Waals surface area contributed by atoms with E-state index in [0.29, 0.717) is 11.5 Å². The molecule has 0 N–H and O–H groups in total. The van der Waals surface area contributed by atoms with Gasteiger partial charge in [0.1, 0.15) is 17.4 Å². The van der Waals surface area contributed by atoms with E-state index in [9.17, 15) is 13.2 Å². The van der Waals surface area contributed by atoms with Crippen LogP contribution in [0.25, 0.3) is 11.1 Å². The summed E-state index contributed by atoms with van der Waals surface area (Å²) in [6.07, 6.45) is 8.63. The van der Waals surface area contributed by atoms with Gasteiger partial charge in [0.2, 0.25) is 0 Å². The summed E-state index contributed by atoms with van der Waals surface area (Å²) >= 11 is 0. The molecule has 192 valence electrons. The minimum absolute atomic E-state index is 0.151. The first-order valence-electron chi connectivity index (χ1n) is 13.1. The van der Waals surface area contributed by atoms with Crippen LogP contribution in [0.5, 0.6) is 5.75 Å². The zero-order valence-corrected chi connectivity index (χ0v) is 20.3. The van der Waals surface area contributed by atoms with Crippen LogP contribution in [0, 0.1) is 29.4 Å². The molecule has 0 aromatic heterocycles. The zero-order valence-electron chi connectivity index (χ0n) is 20.3. The Labute approximate surface area is 205 Å². The molecule has 4 unspecified atom stereocenters. The quantitative estimate of drug-likeness (QED) is 0.262. The SMILES string of the molecule is CCCCCCC1CCC2CC(c3cc(F)c(-c4ccc(OC(F)(F)F)cc4)c(F)c3)CCC2C1. The third-order valence-corrected chi connectivity index (χ3v) is 8.10. The molecule has 0 saturated heterocycles. The number of rotatable bonds is 8. The molecule has 2 aromatic carbocycles. The molecule has 2 saturated carbocycles. The Balaban J connectivity index is 1.39. The van der Waals surface area contributed by atoms with Crippen LogP contribution in [0.4, 0.5) is 22.0 Å². The lowest BCUT2D eigenvalue weighted by molar-refractivity contribution is -0.274. The summed E-state index contributed by atoms with van der Waals surface area (Å²) in [6.45, 7) is 2.24. The average molecular weight is 495 g/mol. The van der Waals surface area contributed by atoms with E-state index >= 15 is 8.78 Å². The highest BCUT2D eigenvalue weighted by Gasteiger charge is 2.36. The maximum atomic E-state index is 15.0. The average Bonchev–Trinajstić information content (AvgIpc) is 2.81. The Morgan fingerprint density at radius 2 is 1.49 bits per heavy atom. The molecular formula is C29H35F5O. The van der Waals surface area contributed by atoms with Crippen molar-refractivity contribution in [3.05, 3.63) is 53.6 Å². The number of alkyl halides is 3. The van der Waals surface area contributed by atoms with Crippen LogP contribution in [0.3, 0.4) is 0 Å². The topological polar surface area (TPSA) is 9.23 Å². The molecule has 35 heavy (non-hydrogen) atoms. The smallest absolute Gasteiger partial charge is 0.406 e. The van der Waals surface area contributed by atoms with Crippen molar-refractivity contribution in [1.82, 2.24) is 0 Å². The molecule has 6 heteroatoms. The first-order chi connectivity index (χ1) is 16.7. The van der Waals surface area contributed by atoms with E-state index < -0.39 is 23.7 Å². The van der Waals surface area contributed by atoms with Crippen molar-refractivity contribution >= 4 is 0 Å². The molecule has 0 bridgehead atoms. The number of fused-ring (bicyclic) bond motifs is 1. The molecule has 2 aromatic rings. The van der Waals surface area contributed by atoms with Crippen LogP contribution in [0.2, 0.25) is 0 Å². The molecule has 2 aliphatic carbocycles. The lowest BCUT2D eigenvalue weighted by Gasteiger charge is -2.42. The van der Waals surface area contributed by atoms with E-state index in [0.717, 1.165) is 43.2 Å². The standard InChI is InChI=1S/C29H35F5O/c1-2-3-4-5-6-19-7-8-22-16-23(10-9-21(22)15-19)24-17-26(30)28(27(31)18-24)20-11-13-25(14-12-20)35-29(32,33)34/h11-14,17-19,21-23H,2-10,15-16H2,1H3. The van der Waals surface area contributed by atoms with Crippen LogP contribution in [0.1, 0.15) is 89.0 Å². The van der Waals surface area contributed by atoms with E-state index in [1.54, 1.807) is 0 Å². The Kier molecular flexibility index (Phi) is 8.38. The highest BCUT2D eigenvalue weighted by Crippen LogP contribution is 2.49. The van der Waals surface area contributed by atoms with Crippen LogP contribution in [-0.4, -0.2) is 6.36 Å². The van der Waals surface area contributed by atoms with Gasteiger partial charge in [-0.1, -0.05) is 57.6 Å². The van der Waals surface area contributed by atoms with Gasteiger partial charge in [-0.2, -0.15) is 0 Å². The molecule has 0 heterocycles. The largest absolute Gasteiger partial charge is 0.573 e. The summed E-state index contributed by atoms with van der Waals surface area (Å²) in [5.74, 6) is 0.579. The van der Waals surface area contributed by atoms with Gasteiger partial charge in [0.15, 0.2) is 0 Å². The second kappa shape index (κ2) is 11.3. The number of ether oxygens (including phenoxy) is 1. The van der Waals surface area contributed by atoms with Crippen molar-refractivity contribution in [2.75, 3.05) is 0 Å². The van der Waals surface area contributed by atoms with Crippen molar-refractivity contribution < 1.29 is 26.7 Å². The van der Waals surface area contributed by atoms with E-state index in [4.69, 9.17) is 0 Å². The molecule has 4 atom stereocenters. The van der Waals surface area contributed by atoms with Crippen molar-refractivity contribution in [2.45, 2.75) is 89.8 Å². The van der Waals surface area contributed by atoms with Gasteiger partial charge in [0.05, 0.1) is 5.56 Å². The second-order valence-corrected chi connectivity index (χ2v) is 10.5. The number of hydrogen-bond donors (Lipinski definition) is 0. The third kappa shape index (κ3) is 6.77. The summed E-state index contributed by atoms with van der Waals surface area (Å²) in [5.41, 5.74) is 0.660. The van der Waals surface area contributed by atoms with Crippen molar-refractivity contribution in [3.63, 3.8) is 0 Å². The molecule has 4 rings (SSSR count). The highest BCUT2D eigenvalue weighted by molar-refractivity contribution is 5.66. The second-order valence-electron chi connectivity index (χ2n) is 10.5. The molecule has 2 aliphatic rings. The monoisotopic (exact) mass is 494 g/mol. The van der Waals surface area contributed by atoms with E-state index in [1.807, 2.05) is 0 Å². The highest BCUT2D eigenvalue weighted by atomic mass is 19.4. The van der Waals surface area contributed by atoms with Gasteiger partial charge in [-0.25, -0.2) is 8.78 Å². The van der Waals surface area contributed by atoms with Gasteiger partial charge in [0.25, 0.3) is 0 Å². The molecule has 0 spiro atoms. The lowest BCUT2D eigenvalue weighted by Crippen LogP contribution is -2.30. The Morgan fingerprint density at radius 1 is 0.829 bits per heavy atom. The minimum atomic E-state index is -4.81. The predicted molar refractivity (Wildman–Crippen MR) is 128 cm³/mol. The third-order valence-electron chi connectivity index (χ3n) is 8.10. The summed E-state index contributed by atoms with van der Waals surface area (Å²) < 4.78 is 71.0. The summed E-state index contributed by atoms with van der Waals surface area (Å²) in [7, 11) is 0. The van der Waals surface area contributed by atoms with Crippen molar-refractivity contribution in [3.8, 4) is 16.9 Å². The van der Waals surface area contributed by atoms with Crippen LogP contribution in [-0.2, 0) is 0 Å². The van der Waals surface area contributed by atoms with E-state index in [2.05, 4.69) is 11.7 Å². The summed E-state index contributed by atoms with van der Waals surface area (Å²) in [6, 6.07) is 7.46. The molecule has 2 fully saturated rings. The van der Waals surface area contributed by atoms with Crippen LogP contribution >= 0.6 is 0 Å². The lowest BCUT2D eigenvalue weighted by atomic mass is 9.63. The van der Waals surface area contributed by atoms with Gasteiger partial charge >= 0.3 is 6.36 Å².